The number of aryl methyl sites for hydroxylation is 1. The minimum absolute atomic E-state index is 0.0345. The molecular weight excluding hydrogens is 273 g/mol. The lowest BCUT2D eigenvalue weighted by molar-refractivity contribution is 0.0947. The number of amides is 1. The van der Waals surface area contributed by atoms with Crippen molar-refractivity contribution in [3.05, 3.63) is 24.2 Å². The average Bonchev–Trinajstić information content (AvgIpc) is 2.70. The van der Waals surface area contributed by atoms with E-state index in [1.165, 1.54) is 38.5 Å². The normalized spacial score (nSPS) is 16.6. The first-order valence-corrected chi connectivity index (χ1v) is 8.13. The van der Waals surface area contributed by atoms with Crippen LogP contribution in [0.2, 0.25) is 0 Å². The SMILES string of the molecule is [B]c1cncc2c1c(C(=O)NCC1CCCCCC1)cn2C. The van der Waals surface area contributed by atoms with Gasteiger partial charge in [-0.3, -0.25) is 9.78 Å². The first kappa shape index (κ1) is 15.1. The molecule has 4 nitrogen and oxygen atoms in total. The fourth-order valence-corrected chi connectivity index (χ4v) is 3.43. The van der Waals surface area contributed by atoms with E-state index in [1.807, 2.05) is 17.8 Å². The van der Waals surface area contributed by atoms with Crippen molar-refractivity contribution in [1.29, 1.82) is 0 Å². The lowest BCUT2D eigenvalue weighted by Crippen LogP contribution is -2.29. The van der Waals surface area contributed by atoms with Crippen molar-refractivity contribution in [3.8, 4) is 0 Å². The summed E-state index contributed by atoms with van der Waals surface area (Å²) in [6.45, 7) is 0.764. The molecule has 0 aliphatic heterocycles. The van der Waals surface area contributed by atoms with E-state index >= 15 is 0 Å². The second-order valence-electron chi connectivity index (χ2n) is 6.34. The molecule has 2 radical (unpaired) electrons. The summed E-state index contributed by atoms with van der Waals surface area (Å²) in [5.74, 6) is 0.577. The van der Waals surface area contributed by atoms with Crippen LogP contribution in [0.15, 0.2) is 18.6 Å². The molecule has 114 valence electrons. The molecule has 0 saturated heterocycles. The van der Waals surface area contributed by atoms with Crippen molar-refractivity contribution >= 4 is 30.1 Å². The zero-order chi connectivity index (χ0) is 15.5. The van der Waals surface area contributed by atoms with Gasteiger partial charge in [-0.05, 0) is 18.8 Å². The number of fused-ring (bicyclic) bond motifs is 1. The Hall–Kier alpha value is -1.78. The monoisotopic (exact) mass is 295 g/mol. The Morgan fingerprint density at radius 2 is 2.05 bits per heavy atom. The van der Waals surface area contributed by atoms with Crippen LogP contribution in [0.4, 0.5) is 0 Å². The first-order chi connectivity index (χ1) is 10.7. The van der Waals surface area contributed by atoms with Crippen LogP contribution < -0.4 is 10.8 Å². The molecule has 1 aliphatic rings. The van der Waals surface area contributed by atoms with Crippen LogP contribution in [-0.2, 0) is 7.05 Å². The number of carbonyl (C=O) groups excluding carboxylic acids is 1. The minimum Gasteiger partial charge on any atom is -0.352 e. The third kappa shape index (κ3) is 3.03. The summed E-state index contributed by atoms with van der Waals surface area (Å²) in [6, 6.07) is 0. The Balaban J connectivity index is 1.75. The summed E-state index contributed by atoms with van der Waals surface area (Å²) in [6.07, 6.45) is 12.9. The van der Waals surface area contributed by atoms with Gasteiger partial charge in [-0.2, -0.15) is 0 Å². The number of hydrogen-bond donors (Lipinski definition) is 1. The molecule has 1 saturated carbocycles. The topological polar surface area (TPSA) is 46.9 Å². The van der Waals surface area contributed by atoms with Gasteiger partial charge in [-0.25, -0.2) is 0 Å². The highest BCUT2D eigenvalue weighted by molar-refractivity contribution is 6.40. The van der Waals surface area contributed by atoms with Crippen LogP contribution in [0.25, 0.3) is 10.9 Å². The summed E-state index contributed by atoms with van der Waals surface area (Å²) in [7, 11) is 7.92. The van der Waals surface area contributed by atoms with E-state index < -0.39 is 0 Å². The Morgan fingerprint density at radius 1 is 1.32 bits per heavy atom. The van der Waals surface area contributed by atoms with Gasteiger partial charge in [0, 0.05) is 31.4 Å². The molecule has 0 atom stereocenters. The fraction of sp³-hybridized carbons (Fsp3) is 0.529. The molecule has 0 spiro atoms. The summed E-state index contributed by atoms with van der Waals surface area (Å²) < 4.78 is 1.90. The largest absolute Gasteiger partial charge is 0.352 e. The molecule has 22 heavy (non-hydrogen) atoms. The molecule has 2 aromatic rings. The predicted octanol–water partition coefficient (Wildman–Crippen LogP) is 2.07. The van der Waals surface area contributed by atoms with Crippen LogP contribution in [-0.4, -0.2) is 29.8 Å². The predicted molar refractivity (Wildman–Crippen MR) is 89.6 cm³/mol. The number of nitrogens with one attached hydrogen (secondary N) is 1. The van der Waals surface area contributed by atoms with Crippen molar-refractivity contribution in [3.63, 3.8) is 0 Å². The first-order valence-electron chi connectivity index (χ1n) is 8.13. The van der Waals surface area contributed by atoms with E-state index in [1.54, 1.807) is 12.4 Å². The summed E-state index contributed by atoms with van der Waals surface area (Å²) in [5, 5.41) is 3.90. The Labute approximate surface area is 132 Å². The van der Waals surface area contributed by atoms with Gasteiger partial charge in [0.15, 0.2) is 0 Å². The van der Waals surface area contributed by atoms with Crippen molar-refractivity contribution in [2.75, 3.05) is 6.54 Å². The van der Waals surface area contributed by atoms with Gasteiger partial charge < -0.3 is 9.88 Å². The van der Waals surface area contributed by atoms with Crippen LogP contribution in [0.3, 0.4) is 0 Å². The van der Waals surface area contributed by atoms with Crippen molar-refractivity contribution in [1.82, 2.24) is 14.9 Å². The molecule has 3 rings (SSSR count). The Morgan fingerprint density at radius 3 is 2.77 bits per heavy atom. The standard InChI is InChI=1S/C17H22BN3O/c1-21-11-13(16-14(18)9-19-10-15(16)21)17(22)20-8-12-6-4-2-3-5-7-12/h9-12H,2-8H2,1H3,(H,20,22). The lowest BCUT2D eigenvalue weighted by Gasteiger charge is -2.14. The molecule has 1 aliphatic carbocycles. The number of pyridine rings is 1. The minimum atomic E-state index is -0.0345. The number of nitrogens with zero attached hydrogens (tertiary/aromatic N) is 2. The van der Waals surface area contributed by atoms with E-state index in [0.29, 0.717) is 16.9 Å². The Kier molecular flexibility index (Phi) is 4.51. The Bertz CT molecular complexity index is 672. The molecule has 1 amide bonds. The summed E-state index contributed by atoms with van der Waals surface area (Å²) >= 11 is 0. The molecule has 2 heterocycles. The highest BCUT2D eigenvalue weighted by Gasteiger charge is 2.18. The third-order valence-corrected chi connectivity index (χ3v) is 4.70. The van der Waals surface area contributed by atoms with Gasteiger partial charge in [0.05, 0.1) is 17.3 Å². The highest BCUT2D eigenvalue weighted by Crippen LogP contribution is 2.22. The van der Waals surface area contributed by atoms with Crippen LogP contribution in [0.1, 0.15) is 48.9 Å². The molecule has 0 bridgehead atoms. The second-order valence-corrected chi connectivity index (χ2v) is 6.34. The molecule has 2 aromatic heterocycles. The van der Waals surface area contributed by atoms with Crippen LogP contribution >= 0.6 is 0 Å². The van der Waals surface area contributed by atoms with E-state index in [9.17, 15) is 4.79 Å². The maximum Gasteiger partial charge on any atom is 0.253 e. The van der Waals surface area contributed by atoms with Gasteiger partial charge in [0.1, 0.15) is 7.85 Å². The zero-order valence-electron chi connectivity index (χ0n) is 13.1. The van der Waals surface area contributed by atoms with Crippen LogP contribution in [0.5, 0.6) is 0 Å². The van der Waals surface area contributed by atoms with Gasteiger partial charge in [-0.15, -0.1) is 0 Å². The van der Waals surface area contributed by atoms with Crippen LogP contribution in [0, 0.1) is 5.92 Å². The van der Waals surface area contributed by atoms with E-state index in [-0.39, 0.29) is 5.91 Å². The number of rotatable bonds is 3. The van der Waals surface area contributed by atoms with Gasteiger partial charge in [0.2, 0.25) is 0 Å². The van der Waals surface area contributed by atoms with Gasteiger partial charge in [-0.1, -0.05) is 31.1 Å². The van der Waals surface area contributed by atoms with E-state index in [4.69, 9.17) is 7.85 Å². The van der Waals surface area contributed by atoms with Crippen molar-refractivity contribution in [2.45, 2.75) is 38.5 Å². The van der Waals surface area contributed by atoms with Gasteiger partial charge in [0.25, 0.3) is 5.91 Å². The zero-order valence-corrected chi connectivity index (χ0v) is 13.1. The van der Waals surface area contributed by atoms with E-state index in [0.717, 1.165) is 17.4 Å². The van der Waals surface area contributed by atoms with Crippen molar-refractivity contribution in [2.24, 2.45) is 13.0 Å². The average molecular weight is 295 g/mol. The maximum absolute atomic E-state index is 12.6. The molecule has 1 fully saturated rings. The summed E-state index contributed by atoms with van der Waals surface area (Å²) in [5.41, 5.74) is 2.09. The van der Waals surface area contributed by atoms with E-state index in [2.05, 4.69) is 10.3 Å². The fourth-order valence-electron chi connectivity index (χ4n) is 3.43. The molecule has 1 N–H and O–H groups in total. The number of aromatic nitrogens is 2. The smallest absolute Gasteiger partial charge is 0.253 e. The molecule has 0 aromatic carbocycles. The third-order valence-electron chi connectivity index (χ3n) is 4.70. The summed E-state index contributed by atoms with van der Waals surface area (Å²) in [4.78, 5) is 16.7. The van der Waals surface area contributed by atoms with Crippen molar-refractivity contribution < 1.29 is 4.79 Å². The molecule has 0 unspecified atom stereocenters. The highest BCUT2D eigenvalue weighted by atomic mass is 16.1. The molecule has 5 heteroatoms. The number of carbonyl (C=O) groups is 1. The molecular formula is C17H22BN3O. The number of hydrogen-bond acceptors (Lipinski definition) is 2. The lowest BCUT2D eigenvalue weighted by atomic mass is 9.92. The van der Waals surface area contributed by atoms with Gasteiger partial charge >= 0.3 is 0 Å². The second kappa shape index (κ2) is 6.55. The maximum atomic E-state index is 12.6. The quantitative estimate of drug-likeness (QED) is 0.696.